The minimum Gasteiger partial charge on any atom is -0.481 e. The van der Waals surface area contributed by atoms with Crippen molar-refractivity contribution in [2.75, 3.05) is 50.6 Å². The van der Waals surface area contributed by atoms with Crippen molar-refractivity contribution in [2.45, 2.75) is 78.1 Å². The second kappa shape index (κ2) is 23.3. The Bertz CT molecular complexity index is 2390. The van der Waals surface area contributed by atoms with Crippen molar-refractivity contribution in [2.24, 2.45) is 0 Å². The van der Waals surface area contributed by atoms with Crippen LogP contribution in [0.4, 0.5) is 21.0 Å². The molecule has 0 spiro atoms. The number of fused-ring (bicyclic) bond motifs is 2. The van der Waals surface area contributed by atoms with Crippen LogP contribution in [-0.4, -0.2) is 99.9 Å². The summed E-state index contributed by atoms with van der Waals surface area (Å²) in [6, 6.07) is 23.6. The molecule has 0 aliphatic heterocycles. The lowest BCUT2D eigenvalue weighted by Gasteiger charge is -2.29. The van der Waals surface area contributed by atoms with Crippen LogP contribution in [0.1, 0.15) is 75.9 Å². The maximum absolute atomic E-state index is 13.4. The van der Waals surface area contributed by atoms with Gasteiger partial charge in [-0.3, -0.25) is 19.8 Å². The maximum Gasteiger partial charge on any atom is 0.406 e. The van der Waals surface area contributed by atoms with E-state index >= 15 is 0 Å². The average Bonchev–Trinajstić information content (AvgIpc) is 3.91. The highest BCUT2D eigenvalue weighted by molar-refractivity contribution is 5.94. The number of carboxylic acids is 1. The van der Waals surface area contributed by atoms with Gasteiger partial charge in [0.2, 0.25) is 5.91 Å². The summed E-state index contributed by atoms with van der Waals surface area (Å²) in [7, 11) is 3.06. The van der Waals surface area contributed by atoms with Gasteiger partial charge >= 0.3 is 18.2 Å². The first-order valence-corrected chi connectivity index (χ1v) is 20.7. The molecule has 0 bridgehead atoms. The Kier molecular flexibility index (Phi) is 17.9. The number of ether oxygens (including phenoxy) is 2. The highest BCUT2D eigenvalue weighted by Gasteiger charge is 2.31. The summed E-state index contributed by atoms with van der Waals surface area (Å²) in [6.45, 7) is 13.8. The molecule has 6 aromatic rings. The zero-order valence-electron chi connectivity index (χ0n) is 37.4. The van der Waals surface area contributed by atoms with Gasteiger partial charge in [0.15, 0.2) is 11.3 Å². The van der Waals surface area contributed by atoms with Gasteiger partial charge in [-0.1, -0.05) is 63.1 Å². The number of aliphatic carboxylic acids is 1. The monoisotopic (exact) mass is 864 g/mol. The lowest BCUT2D eigenvalue weighted by molar-refractivity contribution is -0.138. The van der Waals surface area contributed by atoms with Crippen molar-refractivity contribution in [3.63, 3.8) is 0 Å². The fourth-order valence-corrected chi connectivity index (χ4v) is 6.56. The summed E-state index contributed by atoms with van der Waals surface area (Å²) in [5.41, 5.74) is 6.28. The summed E-state index contributed by atoms with van der Waals surface area (Å²) < 4.78 is 9.93. The molecule has 17 heteroatoms. The lowest BCUT2D eigenvalue weighted by atomic mass is 9.83. The molecule has 0 fully saturated rings. The van der Waals surface area contributed by atoms with E-state index in [0.29, 0.717) is 30.9 Å². The van der Waals surface area contributed by atoms with Gasteiger partial charge in [-0.2, -0.15) is 10.2 Å². The van der Waals surface area contributed by atoms with E-state index < -0.39 is 22.9 Å². The number of aryl methyl sites for hydroxylation is 2. The summed E-state index contributed by atoms with van der Waals surface area (Å²) in [5.74, 6) is -0.836. The van der Waals surface area contributed by atoms with Crippen molar-refractivity contribution >= 4 is 57.5 Å². The number of hydrogen-bond acceptors (Lipinski definition) is 11. The molecule has 0 aliphatic carbocycles. The van der Waals surface area contributed by atoms with Gasteiger partial charge in [0.25, 0.3) is 0 Å². The number of rotatable bonds is 16. The van der Waals surface area contributed by atoms with Gasteiger partial charge in [0.05, 0.1) is 31.0 Å². The highest BCUT2D eigenvalue weighted by atomic mass is 16.6. The number of pyridine rings is 2. The lowest BCUT2D eigenvalue weighted by Crippen LogP contribution is -2.37. The molecule has 4 heterocycles. The number of benzene rings is 2. The zero-order valence-corrected chi connectivity index (χ0v) is 37.4. The van der Waals surface area contributed by atoms with Gasteiger partial charge in [-0.15, -0.1) is 0 Å². The summed E-state index contributed by atoms with van der Waals surface area (Å²) in [6.07, 6.45) is 4.17. The normalized spacial score (nSPS) is 11.0. The van der Waals surface area contributed by atoms with E-state index in [9.17, 15) is 19.2 Å². The molecule has 6 rings (SSSR count). The van der Waals surface area contributed by atoms with Gasteiger partial charge in [0, 0.05) is 79.0 Å². The van der Waals surface area contributed by atoms with Gasteiger partial charge in [0.1, 0.15) is 0 Å². The van der Waals surface area contributed by atoms with E-state index in [1.54, 1.807) is 24.3 Å². The van der Waals surface area contributed by atoms with Gasteiger partial charge in [-0.05, 0) is 75.2 Å². The van der Waals surface area contributed by atoms with Crippen LogP contribution < -0.4 is 20.9 Å². The second-order valence-corrected chi connectivity index (χ2v) is 16.1. The third-order valence-electron chi connectivity index (χ3n) is 9.95. The Morgan fingerprint density at radius 3 is 1.65 bits per heavy atom. The number of H-pyrrole nitrogens is 2. The minimum absolute atomic E-state index is 0.0135. The molecule has 0 aliphatic rings. The largest absolute Gasteiger partial charge is 0.481 e. The molecule has 2 aromatic carbocycles. The molecule has 0 unspecified atom stereocenters. The van der Waals surface area contributed by atoms with Crippen molar-refractivity contribution in [3.8, 4) is 0 Å². The number of nitrogens with zero attached hydrogens (tertiary/aromatic N) is 5. The van der Waals surface area contributed by atoms with E-state index in [1.807, 2.05) is 95.3 Å². The third-order valence-corrected chi connectivity index (χ3v) is 9.95. The number of hydrogen-bond donors (Lipinski definition) is 6. The van der Waals surface area contributed by atoms with Crippen molar-refractivity contribution in [1.82, 2.24) is 41.0 Å². The van der Waals surface area contributed by atoms with Crippen LogP contribution >= 0.6 is 0 Å². The zero-order chi connectivity index (χ0) is 46.0. The number of carbonyl (C=O) groups is 4. The third kappa shape index (κ3) is 14.8. The number of carbonyl (C=O) groups excluding carboxylic acids is 3. The molecule has 0 saturated heterocycles. The molecule has 336 valence electrons. The molecule has 6 N–H and O–H groups in total. The number of aromatic nitrogens is 6. The first-order valence-electron chi connectivity index (χ1n) is 20.7. The van der Waals surface area contributed by atoms with Gasteiger partial charge < -0.3 is 35.4 Å². The topological polar surface area (TPSA) is 229 Å². The quantitative estimate of drug-likeness (QED) is 0.0518. The number of carboxylic acid groups (broad SMARTS) is 1. The van der Waals surface area contributed by atoms with Crippen LogP contribution in [0.15, 0.2) is 85.2 Å². The first-order chi connectivity index (χ1) is 30.0. The predicted molar refractivity (Wildman–Crippen MR) is 244 cm³/mol. The molecule has 3 amide bonds. The standard InChI is InChI=1S/C23H29N5O3.C12H18N2O2.C11H13N3O2/c1-16-8-10-17(11-9-16)28(13-6-14-31-22(30)24-4)19(29)15-23(2,3)20-18-7-5-12-25-21(18)27-26-20;1-10-4-6-11(7-5-10)14-8-3-9-16-12(15)13-2;1-11(2,6-8(15)16)9-7-4-3-5-12-10(7)14-13-9/h5,7-12H,6,13-15H2,1-4H3,(H,24,30)(H,25,26,27);4-7,14H,3,8-9H2,1-2H3,(H,13,15);3-5H,6H2,1-2H3,(H,15,16)(H,12,13,14). The molecular formula is C46H60N10O7. The second-order valence-electron chi connectivity index (χ2n) is 16.1. The first kappa shape index (κ1) is 48.6. The molecule has 63 heavy (non-hydrogen) atoms. The Hall–Kier alpha value is -7.04. The van der Waals surface area contributed by atoms with Crippen molar-refractivity contribution in [3.05, 3.63) is 108 Å². The predicted octanol–water partition coefficient (Wildman–Crippen LogP) is 7.58. The molecular weight excluding hydrogens is 805 g/mol. The Labute approximate surface area is 367 Å². The van der Waals surface area contributed by atoms with E-state index in [0.717, 1.165) is 52.1 Å². The number of anilines is 2. The molecule has 4 aromatic heterocycles. The molecule has 0 saturated carbocycles. The van der Waals surface area contributed by atoms with Crippen LogP contribution in [0.5, 0.6) is 0 Å². The molecule has 0 atom stereocenters. The van der Waals surface area contributed by atoms with E-state index in [2.05, 4.69) is 65.4 Å². The number of aromatic amines is 2. The molecule has 0 radical (unpaired) electrons. The van der Waals surface area contributed by atoms with Crippen LogP contribution in [0.25, 0.3) is 22.1 Å². The van der Waals surface area contributed by atoms with E-state index in [1.165, 1.54) is 12.6 Å². The van der Waals surface area contributed by atoms with Gasteiger partial charge in [-0.25, -0.2) is 19.6 Å². The SMILES string of the molecule is CC(C)(CC(=O)O)c1[nH]nc2ncccc12.CNC(=O)OCCCN(C(=O)CC(C)(C)c1[nH]nc2ncccc12)c1ccc(C)cc1.CNC(=O)OCCCNc1ccc(C)cc1. The Balaban J connectivity index is 0.000000229. The number of nitrogens with one attached hydrogen (secondary N) is 5. The fraction of sp³-hybridized carbons (Fsp3) is 0.391. The van der Waals surface area contributed by atoms with E-state index in [4.69, 9.17) is 14.6 Å². The van der Waals surface area contributed by atoms with Crippen molar-refractivity contribution in [1.29, 1.82) is 0 Å². The van der Waals surface area contributed by atoms with Crippen LogP contribution in [0.2, 0.25) is 0 Å². The highest BCUT2D eigenvalue weighted by Crippen LogP contribution is 2.33. The average molecular weight is 865 g/mol. The number of alkyl carbamates (subject to hydrolysis) is 2. The van der Waals surface area contributed by atoms with Crippen LogP contribution in [0.3, 0.4) is 0 Å². The fourth-order valence-electron chi connectivity index (χ4n) is 6.56. The Morgan fingerprint density at radius 2 is 1.16 bits per heavy atom. The van der Waals surface area contributed by atoms with Crippen LogP contribution in [0, 0.1) is 13.8 Å². The van der Waals surface area contributed by atoms with Crippen LogP contribution in [-0.2, 0) is 29.9 Å². The van der Waals surface area contributed by atoms with E-state index in [-0.39, 0.29) is 31.4 Å². The number of amides is 3. The van der Waals surface area contributed by atoms with Crippen molar-refractivity contribution < 1.29 is 33.8 Å². The summed E-state index contributed by atoms with van der Waals surface area (Å²) in [5, 5.41) is 33.0. The minimum atomic E-state index is -0.823. The molecule has 17 nitrogen and oxygen atoms in total. The maximum atomic E-state index is 13.4. The smallest absolute Gasteiger partial charge is 0.406 e. The Morgan fingerprint density at radius 1 is 0.683 bits per heavy atom. The summed E-state index contributed by atoms with van der Waals surface area (Å²) >= 11 is 0. The summed E-state index contributed by atoms with van der Waals surface area (Å²) in [4.78, 5) is 56.4.